The van der Waals surface area contributed by atoms with Gasteiger partial charge in [0, 0.05) is 23.7 Å². The number of benzene rings is 1. The van der Waals surface area contributed by atoms with Crippen LogP contribution in [-0.2, 0) is 11.3 Å². The van der Waals surface area contributed by atoms with Crippen LogP contribution in [-0.4, -0.2) is 5.78 Å². The third kappa shape index (κ3) is 1.88. The summed E-state index contributed by atoms with van der Waals surface area (Å²) < 4.78 is 1.99. The maximum absolute atomic E-state index is 11.9. The molecule has 0 spiro atoms. The van der Waals surface area contributed by atoms with Crippen molar-refractivity contribution in [3.63, 3.8) is 0 Å². The smallest absolute Gasteiger partial charge is 0.214 e. The van der Waals surface area contributed by atoms with Gasteiger partial charge in [0.1, 0.15) is 0 Å². The molecule has 0 aliphatic heterocycles. The number of nitrogens with zero attached hydrogens (tertiary/aromatic N) is 1. The van der Waals surface area contributed by atoms with E-state index in [1.165, 1.54) is 0 Å². The lowest BCUT2D eigenvalue weighted by atomic mass is 10.1. The molecule has 1 heterocycles. The Balaban J connectivity index is 2.03. The maximum Gasteiger partial charge on any atom is 0.214 e. The SMILES string of the molecule is Nc1cccc2c1ccc[n+]2CC(=O)C1CC1. The predicted molar refractivity (Wildman–Crippen MR) is 66.3 cm³/mol. The number of nitrogens with two attached hydrogens (primary N) is 1. The lowest BCUT2D eigenvalue weighted by molar-refractivity contribution is -0.658. The molecule has 1 aliphatic rings. The number of fused-ring (bicyclic) bond motifs is 1. The summed E-state index contributed by atoms with van der Waals surface area (Å²) in [6.07, 6.45) is 4.07. The third-order valence-corrected chi connectivity index (χ3v) is 3.31. The summed E-state index contributed by atoms with van der Waals surface area (Å²) in [5.74, 6) is 0.642. The average Bonchev–Trinajstić information content (AvgIpc) is 3.14. The van der Waals surface area contributed by atoms with Crippen molar-refractivity contribution in [1.29, 1.82) is 0 Å². The van der Waals surface area contributed by atoms with Crippen LogP contribution in [0.3, 0.4) is 0 Å². The van der Waals surface area contributed by atoms with Gasteiger partial charge in [-0.25, -0.2) is 0 Å². The number of Topliss-reactive ketones (excluding diaryl/α,β-unsaturated/α-hetero) is 1. The Kier molecular flexibility index (Phi) is 2.32. The molecule has 3 nitrogen and oxygen atoms in total. The molecule has 0 atom stereocenters. The van der Waals surface area contributed by atoms with Crippen molar-refractivity contribution in [2.24, 2.45) is 5.92 Å². The average molecular weight is 227 g/mol. The van der Waals surface area contributed by atoms with Gasteiger partial charge in [0.15, 0.2) is 6.20 Å². The molecule has 2 N–H and O–H groups in total. The van der Waals surface area contributed by atoms with Crippen molar-refractivity contribution >= 4 is 22.4 Å². The summed E-state index contributed by atoms with van der Waals surface area (Å²) in [6, 6.07) is 9.75. The molecule has 17 heavy (non-hydrogen) atoms. The third-order valence-electron chi connectivity index (χ3n) is 3.31. The molecule has 0 unspecified atom stereocenters. The van der Waals surface area contributed by atoms with Gasteiger partial charge in [-0.05, 0) is 25.0 Å². The predicted octanol–water partition coefficient (Wildman–Crippen LogP) is 1.69. The molecule has 0 saturated heterocycles. The summed E-state index contributed by atoms with van der Waals surface area (Å²) in [5, 5.41) is 1.01. The Labute approximate surface area is 99.9 Å². The second kappa shape index (κ2) is 3.84. The molecule has 0 radical (unpaired) electrons. The first-order chi connectivity index (χ1) is 8.25. The van der Waals surface area contributed by atoms with Gasteiger partial charge in [0.2, 0.25) is 17.8 Å². The molecular formula is C14H15N2O+. The zero-order valence-electron chi connectivity index (χ0n) is 9.60. The monoisotopic (exact) mass is 227 g/mol. The highest BCUT2D eigenvalue weighted by molar-refractivity contribution is 5.88. The number of carbonyl (C=O) groups is 1. The van der Waals surface area contributed by atoms with E-state index in [0.717, 1.165) is 29.4 Å². The lowest BCUT2D eigenvalue weighted by Gasteiger charge is -2.02. The molecule has 1 aromatic carbocycles. The molecule has 86 valence electrons. The number of hydrogen-bond donors (Lipinski definition) is 1. The van der Waals surface area contributed by atoms with Crippen LogP contribution in [0.5, 0.6) is 0 Å². The second-order valence-electron chi connectivity index (χ2n) is 4.66. The first-order valence-electron chi connectivity index (χ1n) is 5.95. The van der Waals surface area contributed by atoms with E-state index in [-0.39, 0.29) is 0 Å². The van der Waals surface area contributed by atoms with Crippen LogP contribution in [0.15, 0.2) is 36.5 Å². The normalized spacial score (nSPS) is 15.1. The van der Waals surface area contributed by atoms with Gasteiger partial charge in [0.25, 0.3) is 0 Å². The molecule has 1 aliphatic carbocycles. The largest absolute Gasteiger partial charge is 0.398 e. The van der Waals surface area contributed by atoms with E-state index in [0.29, 0.717) is 18.2 Å². The van der Waals surface area contributed by atoms with E-state index in [1.54, 1.807) is 0 Å². The quantitative estimate of drug-likeness (QED) is 0.640. The molecule has 0 bridgehead atoms. The second-order valence-corrected chi connectivity index (χ2v) is 4.66. The van der Waals surface area contributed by atoms with Gasteiger partial charge in [-0.3, -0.25) is 4.79 Å². The zero-order valence-corrected chi connectivity index (χ0v) is 9.60. The summed E-state index contributed by atoms with van der Waals surface area (Å²) in [5.41, 5.74) is 7.72. The van der Waals surface area contributed by atoms with Crippen LogP contribution in [0.25, 0.3) is 10.9 Å². The van der Waals surface area contributed by atoms with Crippen LogP contribution >= 0.6 is 0 Å². The van der Waals surface area contributed by atoms with Gasteiger partial charge in [-0.1, -0.05) is 6.07 Å². The fraction of sp³-hybridized carbons (Fsp3) is 0.286. The summed E-state index contributed by atoms with van der Waals surface area (Å²) in [4.78, 5) is 11.9. The van der Waals surface area contributed by atoms with E-state index in [4.69, 9.17) is 5.73 Å². The van der Waals surface area contributed by atoms with Crippen molar-refractivity contribution in [3.05, 3.63) is 36.5 Å². The van der Waals surface area contributed by atoms with Gasteiger partial charge in [-0.15, -0.1) is 0 Å². The summed E-state index contributed by atoms with van der Waals surface area (Å²) in [6.45, 7) is 0.464. The van der Waals surface area contributed by atoms with Crippen molar-refractivity contribution in [2.45, 2.75) is 19.4 Å². The lowest BCUT2D eigenvalue weighted by Crippen LogP contribution is -2.38. The van der Waals surface area contributed by atoms with Gasteiger partial charge in [0.05, 0.1) is 5.39 Å². The number of carbonyl (C=O) groups excluding carboxylic acids is 1. The Morgan fingerprint density at radius 1 is 1.29 bits per heavy atom. The number of hydrogen-bond acceptors (Lipinski definition) is 2. The standard InChI is InChI=1S/C14H14N2O/c15-12-4-1-5-13-11(12)3-2-8-16(13)9-14(17)10-6-7-10/h1-5,8,10,15H,6-7,9H2/p+1. The van der Waals surface area contributed by atoms with Crippen LogP contribution in [0, 0.1) is 5.92 Å². The van der Waals surface area contributed by atoms with E-state index >= 15 is 0 Å². The number of anilines is 1. The molecular weight excluding hydrogens is 212 g/mol. The Morgan fingerprint density at radius 3 is 2.88 bits per heavy atom. The molecule has 1 aromatic heterocycles. The van der Waals surface area contributed by atoms with E-state index in [1.807, 2.05) is 41.1 Å². The first-order valence-corrected chi connectivity index (χ1v) is 5.95. The highest BCUT2D eigenvalue weighted by Gasteiger charge is 2.32. The Hall–Kier alpha value is -1.90. The van der Waals surface area contributed by atoms with Crippen LogP contribution in [0.4, 0.5) is 5.69 Å². The highest BCUT2D eigenvalue weighted by atomic mass is 16.1. The molecule has 1 fully saturated rings. The molecule has 3 rings (SSSR count). The van der Waals surface area contributed by atoms with Crippen LogP contribution < -0.4 is 10.3 Å². The first kappa shape index (κ1) is 10.3. The van der Waals surface area contributed by atoms with E-state index < -0.39 is 0 Å². The molecule has 3 heteroatoms. The Morgan fingerprint density at radius 2 is 2.12 bits per heavy atom. The molecule has 2 aromatic rings. The molecule has 0 amide bonds. The van der Waals surface area contributed by atoms with Crippen molar-refractivity contribution in [3.8, 4) is 0 Å². The van der Waals surface area contributed by atoms with Crippen molar-refractivity contribution in [2.75, 3.05) is 5.73 Å². The number of aromatic nitrogens is 1. The van der Waals surface area contributed by atoms with Gasteiger partial charge < -0.3 is 5.73 Å². The minimum atomic E-state index is 0.304. The topological polar surface area (TPSA) is 47.0 Å². The van der Waals surface area contributed by atoms with E-state index in [2.05, 4.69) is 0 Å². The molecule has 1 saturated carbocycles. The minimum absolute atomic E-state index is 0.304. The zero-order chi connectivity index (χ0) is 11.8. The van der Waals surface area contributed by atoms with Crippen LogP contribution in [0.2, 0.25) is 0 Å². The maximum atomic E-state index is 11.9. The van der Waals surface area contributed by atoms with E-state index in [9.17, 15) is 4.79 Å². The van der Waals surface area contributed by atoms with Crippen molar-refractivity contribution < 1.29 is 9.36 Å². The number of ketones is 1. The number of nitrogen functional groups attached to an aromatic ring is 1. The fourth-order valence-corrected chi connectivity index (χ4v) is 2.17. The fourth-order valence-electron chi connectivity index (χ4n) is 2.17. The summed E-state index contributed by atoms with van der Waals surface area (Å²) in [7, 11) is 0. The van der Waals surface area contributed by atoms with Crippen molar-refractivity contribution in [1.82, 2.24) is 0 Å². The Bertz CT molecular complexity index is 588. The highest BCUT2D eigenvalue weighted by Crippen LogP contribution is 2.29. The van der Waals surface area contributed by atoms with Gasteiger partial charge in [-0.2, -0.15) is 4.57 Å². The van der Waals surface area contributed by atoms with Crippen LogP contribution in [0.1, 0.15) is 12.8 Å². The minimum Gasteiger partial charge on any atom is -0.398 e. The number of rotatable bonds is 3. The number of pyridine rings is 1. The summed E-state index contributed by atoms with van der Waals surface area (Å²) >= 11 is 0. The van der Waals surface area contributed by atoms with Gasteiger partial charge >= 0.3 is 0 Å².